The third kappa shape index (κ3) is 4.77. The maximum Gasteiger partial charge on any atom is 0.333 e. The van der Waals surface area contributed by atoms with Crippen molar-refractivity contribution in [2.24, 2.45) is 0 Å². The Hall–Kier alpha value is -0.870. The van der Waals surface area contributed by atoms with E-state index >= 15 is 0 Å². The molecule has 0 aromatic heterocycles. The van der Waals surface area contributed by atoms with Gasteiger partial charge in [-0.15, -0.1) is 0 Å². The van der Waals surface area contributed by atoms with Gasteiger partial charge in [0.25, 0.3) is 0 Å². The smallest absolute Gasteiger partial charge is 0.333 e. The number of esters is 1. The molecule has 0 atom stereocenters. The fourth-order valence-corrected chi connectivity index (χ4v) is 1.52. The van der Waals surface area contributed by atoms with Gasteiger partial charge in [0.15, 0.2) is 0 Å². The Bertz CT molecular complexity index is 260. The van der Waals surface area contributed by atoms with Crippen LogP contribution in [-0.2, 0) is 9.53 Å². The minimum Gasteiger partial charge on any atom is -0.466 e. The van der Waals surface area contributed by atoms with E-state index in [1.165, 1.54) is 20.0 Å². The second-order valence-corrected chi connectivity index (χ2v) is 4.29. The number of rotatable bonds is 7. The summed E-state index contributed by atoms with van der Waals surface area (Å²) in [5.74, 6) is -0.253. The maximum atomic E-state index is 11.1. The van der Waals surface area contributed by atoms with Crippen LogP contribution in [0, 0.1) is 0 Å². The predicted molar refractivity (Wildman–Crippen MR) is 64.3 cm³/mol. The molecule has 0 unspecified atom stereocenters. The van der Waals surface area contributed by atoms with Crippen molar-refractivity contribution in [1.82, 2.24) is 10.2 Å². The van der Waals surface area contributed by atoms with Crippen LogP contribution in [-0.4, -0.2) is 50.7 Å². The van der Waals surface area contributed by atoms with Gasteiger partial charge in [0.2, 0.25) is 0 Å². The van der Waals surface area contributed by atoms with Crippen molar-refractivity contribution in [3.8, 4) is 0 Å². The van der Waals surface area contributed by atoms with Gasteiger partial charge in [-0.25, -0.2) is 4.79 Å². The highest BCUT2D eigenvalue weighted by atomic mass is 16.5. The molecule has 0 aromatic carbocycles. The van der Waals surface area contributed by atoms with E-state index in [4.69, 9.17) is 0 Å². The summed E-state index contributed by atoms with van der Waals surface area (Å²) in [6.07, 6.45) is 4.55. The zero-order chi connectivity index (χ0) is 12.0. The van der Waals surface area contributed by atoms with E-state index in [-0.39, 0.29) is 5.97 Å². The van der Waals surface area contributed by atoms with Crippen molar-refractivity contribution in [2.75, 3.05) is 33.8 Å². The molecule has 16 heavy (non-hydrogen) atoms. The van der Waals surface area contributed by atoms with E-state index in [0.717, 1.165) is 25.7 Å². The molecule has 1 aliphatic carbocycles. The van der Waals surface area contributed by atoms with Crippen LogP contribution >= 0.6 is 0 Å². The van der Waals surface area contributed by atoms with Crippen molar-refractivity contribution in [3.63, 3.8) is 0 Å². The Labute approximate surface area is 97.6 Å². The van der Waals surface area contributed by atoms with Gasteiger partial charge in [-0.2, -0.15) is 0 Å². The molecule has 0 aliphatic heterocycles. The van der Waals surface area contributed by atoms with E-state index in [9.17, 15) is 4.79 Å². The Kier molecular flexibility index (Phi) is 5.49. The molecule has 0 heterocycles. The van der Waals surface area contributed by atoms with Gasteiger partial charge in [0.05, 0.1) is 7.11 Å². The molecule has 0 spiro atoms. The van der Waals surface area contributed by atoms with Gasteiger partial charge >= 0.3 is 5.97 Å². The molecule has 0 amide bonds. The first-order valence-corrected chi connectivity index (χ1v) is 5.81. The number of nitrogens with one attached hydrogen (secondary N) is 1. The monoisotopic (exact) mass is 226 g/mol. The zero-order valence-corrected chi connectivity index (χ0v) is 10.5. The van der Waals surface area contributed by atoms with Crippen LogP contribution in [0.2, 0.25) is 0 Å². The zero-order valence-electron chi connectivity index (χ0n) is 10.5. The van der Waals surface area contributed by atoms with Gasteiger partial charge in [0.1, 0.15) is 0 Å². The lowest BCUT2D eigenvalue weighted by molar-refractivity contribution is -0.136. The molecule has 1 saturated carbocycles. The van der Waals surface area contributed by atoms with Crippen LogP contribution in [0.1, 0.15) is 19.8 Å². The first kappa shape index (κ1) is 13.2. The number of carbonyl (C=O) groups is 1. The van der Waals surface area contributed by atoms with Crippen LogP contribution in [0.5, 0.6) is 0 Å². The number of hydrogen-bond donors (Lipinski definition) is 1. The first-order valence-electron chi connectivity index (χ1n) is 5.81. The average Bonchev–Trinajstić information content (AvgIpc) is 3.10. The number of methoxy groups -OCH3 is 1. The van der Waals surface area contributed by atoms with Crippen molar-refractivity contribution >= 4 is 5.97 Å². The number of carbonyl (C=O) groups excluding carboxylic acids is 1. The van der Waals surface area contributed by atoms with E-state index in [1.54, 1.807) is 6.92 Å². The summed E-state index contributed by atoms with van der Waals surface area (Å²) >= 11 is 0. The van der Waals surface area contributed by atoms with E-state index in [0.29, 0.717) is 5.57 Å². The topological polar surface area (TPSA) is 41.6 Å². The molecule has 92 valence electrons. The maximum absolute atomic E-state index is 11.1. The number of likely N-dealkylation sites (N-methyl/N-ethyl adjacent to an activating group) is 1. The van der Waals surface area contributed by atoms with Crippen molar-refractivity contribution < 1.29 is 9.53 Å². The third-order valence-electron chi connectivity index (χ3n) is 2.87. The second kappa shape index (κ2) is 6.66. The van der Waals surface area contributed by atoms with Gasteiger partial charge in [0, 0.05) is 31.2 Å². The number of nitrogens with zero attached hydrogens (tertiary/aromatic N) is 1. The van der Waals surface area contributed by atoms with Crippen LogP contribution in [0.25, 0.3) is 0 Å². The highest BCUT2D eigenvalue weighted by molar-refractivity contribution is 5.87. The Balaban J connectivity index is 2.04. The normalized spacial score (nSPS) is 16.6. The van der Waals surface area contributed by atoms with Crippen LogP contribution in [0.15, 0.2) is 11.6 Å². The standard InChI is InChI=1S/C12H22N2O2/c1-10(12(15)16-3)6-7-13-8-9-14(2)11-4-5-11/h6,11,13H,4-5,7-9H2,1-3H3. The summed E-state index contributed by atoms with van der Waals surface area (Å²) < 4.78 is 4.60. The average molecular weight is 226 g/mol. The molecular weight excluding hydrogens is 204 g/mol. The highest BCUT2D eigenvalue weighted by Gasteiger charge is 2.25. The molecular formula is C12H22N2O2. The fraction of sp³-hybridized carbons (Fsp3) is 0.750. The molecule has 1 fully saturated rings. The van der Waals surface area contributed by atoms with E-state index in [2.05, 4.69) is 22.0 Å². The molecule has 1 N–H and O–H groups in total. The van der Waals surface area contributed by atoms with E-state index < -0.39 is 0 Å². The van der Waals surface area contributed by atoms with Crippen LogP contribution in [0.3, 0.4) is 0 Å². The highest BCUT2D eigenvalue weighted by Crippen LogP contribution is 2.24. The summed E-state index contributed by atoms with van der Waals surface area (Å²) in [6, 6.07) is 0.814. The third-order valence-corrected chi connectivity index (χ3v) is 2.87. The van der Waals surface area contributed by atoms with Gasteiger partial charge in [-0.1, -0.05) is 6.08 Å². The minimum absolute atomic E-state index is 0.253. The van der Waals surface area contributed by atoms with Crippen LogP contribution in [0.4, 0.5) is 0 Å². The summed E-state index contributed by atoms with van der Waals surface area (Å²) in [5.41, 5.74) is 0.658. The fourth-order valence-electron chi connectivity index (χ4n) is 1.52. The Morgan fingerprint density at radius 2 is 2.25 bits per heavy atom. The predicted octanol–water partition coefficient (Wildman–Crippen LogP) is 0.790. The van der Waals surface area contributed by atoms with Crippen molar-refractivity contribution in [2.45, 2.75) is 25.8 Å². The SMILES string of the molecule is COC(=O)C(C)=CCNCCN(C)C1CC1. The molecule has 1 aliphatic rings. The molecule has 1 rings (SSSR count). The molecule has 4 heteroatoms. The lowest BCUT2D eigenvalue weighted by Gasteiger charge is -2.15. The number of hydrogen-bond acceptors (Lipinski definition) is 4. The quantitative estimate of drug-likeness (QED) is 0.396. The Morgan fingerprint density at radius 3 is 2.81 bits per heavy atom. The van der Waals surface area contributed by atoms with Crippen molar-refractivity contribution in [1.29, 1.82) is 0 Å². The van der Waals surface area contributed by atoms with E-state index in [1.807, 2.05) is 6.08 Å². The first-order chi connectivity index (χ1) is 7.65. The summed E-state index contributed by atoms with van der Waals surface area (Å²) in [7, 11) is 3.56. The van der Waals surface area contributed by atoms with Gasteiger partial charge in [-0.3, -0.25) is 0 Å². The molecule has 4 nitrogen and oxygen atoms in total. The second-order valence-electron chi connectivity index (χ2n) is 4.29. The lowest BCUT2D eigenvalue weighted by atomic mass is 10.3. The molecule has 0 radical (unpaired) electrons. The minimum atomic E-state index is -0.253. The van der Waals surface area contributed by atoms with Crippen molar-refractivity contribution in [3.05, 3.63) is 11.6 Å². The molecule has 0 aromatic rings. The Morgan fingerprint density at radius 1 is 1.56 bits per heavy atom. The molecule has 0 saturated heterocycles. The summed E-state index contributed by atoms with van der Waals surface area (Å²) in [5, 5.41) is 3.28. The lowest BCUT2D eigenvalue weighted by Crippen LogP contribution is -2.30. The van der Waals surface area contributed by atoms with Gasteiger partial charge < -0.3 is 15.0 Å². The van der Waals surface area contributed by atoms with Gasteiger partial charge in [-0.05, 0) is 26.8 Å². The summed E-state index contributed by atoms with van der Waals surface area (Å²) in [4.78, 5) is 13.4. The molecule has 0 bridgehead atoms. The van der Waals surface area contributed by atoms with Crippen LogP contribution < -0.4 is 5.32 Å². The largest absolute Gasteiger partial charge is 0.466 e. The number of ether oxygens (including phenoxy) is 1. The summed E-state index contributed by atoms with van der Waals surface area (Å²) in [6.45, 7) is 4.51.